The molecular weight excluding hydrogens is 578 g/mol. The van der Waals surface area contributed by atoms with Gasteiger partial charge in [-0.3, -0.25) is 19.2 Å². The molecule has 3 aromatic carbocycles. The van der Waals surface area contributed by atoms with Crippen LogP contribution >= 0.6 is 0 Å². The van der Waals surface area contributed by atoms with Crippen LogP contribution < -0.4 is 9.80 Å². The number of benzene rings is 3. The summed E-state index contributed by atoms with van der Waals surface area (Å²) >= 11 is 0. The van der Waals surface area contributed by atoms with Gasteiger partial charge in [0.05, 0.1) is 5.41 Å². The Morgan fingerprint density at radius 1 is 0.783 bits per heavy atom. The molecule has 3 amide bonds. The van der Waals surface area contributed by atoms with Crippen molar-refractivity contribution in [3.8, 4) is 0 Å². The molecule has 5 heterocycles. The number of aromatic amines is 2. The predicted molar refractivity (Wildman–Crippen MR) is 174 cm³/mol. The van der Waals surface area contributed by atoms with Crippen LogP contribution in [-0.4, -0.2) is 58.0 Å². The molecular formula is C37H29N5O4. The zero-order valence-corrected chi connectivity index (χ0v) is 25.1. The molecule has 3 aliphatic heterocycles. The molecule has 46 heavy (non-hydrogen) atoms. The zero-order chi connectivity index (χ0) is 31.1. The van der Waals surface area contributed by atoms with E-state index in [-0.39, 0.29) is 29.4 Å². The lowest BCUT2D eigenvalue weighted by molar-refractivity contribution is -0.116. The number of piperidine rings is 1. The third kappa shape index (κ3) is 3.19. The van der Waals surface area contributed by atoms with E-state index in [0.717, 1.165) is 74.0 Å². The maximum atomic E-state index is 14.0. The third-order valence-corrected chi connectivity index (χ3v) is 11.0. The fraction of sp³-hybridized carbons (Fsp3) is 0.243. The highest BCUT2D eigenvalue weighted by Crippen LogP contribution is 2.67. The van der Waals surface area contributed by atoms with Crippen LogP contribution in [0.5, 0.6) is 0 Å². The van der Waals surface area contributed by atoms with Crippen LogP contribution in [0.4, 0.5) is 11.4 Å². The quantitative estimate of drug-likeness (QED) is 0.278. The number of hydrogen-bond acceptors (Lipinski definition) is 4. The van der Waals surface area contributed by atoms with Crippen molar-refractivity contribution in [3.63, 3.8) is 0 Å². The largest absolute Gasteiger partial charge is 0.351 e. The minimum Gasteiger partial charge on any atom is -0.351 e. The summed E-state index contributed by atoms with van der Waals surface area (Å²) in [6.07, 6.45) is 4.27. The van der Waals surface area contributed by atoms with Crippen LogP contribution in [0, 0.1) is 11.3 Å². The Bertz CT molecular complexity index is 2310. The summed E-state index contributed by atoms with van der Waals surface area (Å²) in [6.45, 7) is 3.31. The Hall–Kier alpha value is -5.44. The van der Waals surface area contributed by atoms with Crippen molar-refractivity contribution in [3.05, 3.63) is 100 Å². The van der Waals surface area contributed by atoms with Crippen LogP contribution in [0.25, 0.3) is 27.9 Å². The predicted octanol–water partition coefficient (Wildman–Crippen LogP) is 5.46. The number of ketones is 1. The van der Waals surface area contributed by atoms with E-state index in [9.17, 15) is 19.2 Å². The number of nitrogens with one attached hydrogen (secondary N) is 2. The van der Waals surface area contributed by atoms with Crippen LogP contribution in [0.3, 0.4) is 0 Å². The van der Waals surface area contributed by atoms with Crippen LogP contribution in [0.2, 0.25) is 0 Å². The van der Waals surface area contributed by atoms with E-state index < -0.39 is 5.41 Å². The van der Waals surface area contributed by atoms with Crippen molar-refractivity contribution in [2.45, 2.75) is 26.2 Å². The minimum absolute atomic E-state index is 0.0208. The maximum Gasteiger partial charge on any atom is 0.274 e. The van der Waals surface area contributed by atoms with Gasteiger partial charge in [-0.15, -0.1) is 0 Å². The molecule has 1 saturated heterocycles. The highest BCUT2D eigenvalue weighted by molar-refractivity contribution is 6.14. The molecule has 2 aromatic heterocycles. The highest BCUT2D eigenvalue weighted by atomic mass is 16.2. The van der Waals surface area contributed by atoms with Gasteiger partial charge in [-0.05, 0) is 84.3 Å². The summed E-state index contributed by atoms with van der Waals surface area (Å²) in [6, 6.07) is 19.3. The van der Waals surface area contributed by atoms with Crippen molar-refractivity contribution < 1.29 is 19.2 Å². The Kier molecular flexibility index (Phi) is 4.85. The molecule has 2 N–H and O–H groups in total. The fourth-order valence-electron chi connectivity index (χ4n) is 8.72. The molecule has 9 heteroatoms. The number of carbonyl (C=O) groups is 4. The van der Waals surface area contributed by atoms with Gasteiger partial charge in [-0.2, -0.15) is 0 Å². The van der Waals surface area contributed by atoms with E-state index in [1.165, 1.54) is 0 Å². The van der Waals surface area contributed by atoms with Crippen molar-refractivity contribution in [1.29, 1.82) is 0 Å². The molecule has 0 radical (unpaired) electrons. The number of carbonyl (C=O) groups excluding carboxylic acids is 4. The van der Waals surface area contributed by atoms with Gasteiger partial charge in [0.2, 0.25) is 5.91 Å². The summed E-state index contributed by atoms with van der Waals surface area (Å²) in [4.78, 5) is 65.5. The van der Waals surface area contributed by atoms with E-state index in [1.54, 1.807) is 16.7 Å². The normalized spacial score (nSPS) is 22.1. The zero-order valence-electron chi connectivity index (χ0n) is 25.1. The van der Waals surface area contributed by atoms with Gasteiger partial charge in [0.25, 0.3) is 11.8 Å². The van der Waals surface area contributed by atoms with Crippen molar-refractivity contribution in [2.24, 2.45) is 11.3 Å². The topological polar surface area (TPSA) is 110 Å². The summed E-state index contributed by atoms with van der Waals surface area (Å²) in [5, 5.41) is 1.92. The highest BCUT2D eigenvalue weighted by Gasteiger charge is 2.69. The standard InChI is InChI=1S/C37H29N5O4/c1-19(43)40-12-10-23-25-15-29(38-27(25)6-8-31(23)40)35(45)41-13-11-24-26-16-30(39-28(26)7-9-32(24)41)36(46)42-18-21-17-37(21)33(42)14-20-4-2-3-5-22(20)34(37)44/h2-9,14-16,21,38-39H,10-13,17-18H2,1H3. The molecule has 5 aromatic rings. The molecule has 2 aliphatic carbocycles. The van der Waals surface area contributed by atoms with Gasteiger partial charge in [-0.25, -0.2) is 0 Å². The smallest absolute Gasteiger partial charge is 0.274 e. The molecule has 2 unspecified atom stereocenters. The van der Waals surface area contributed by atoms with Gasteiger partial charge >= 0.3 is 0 Å². The molecule has 0 bridgehead atoms. The number of anilines is 2. The number of hydrogen-bond donors (Lipinski definition) is 2. The Morgan fingerprint density at radius 3 is 2.07 bits per heavy atom. The lowest BCUT2D eigenvalue weighted by atomic mass is 9.83. The van der Waals surface area contributed by atoms with Crippen molar-refractivity contribution in [2.75, 3.05) is 29.4 Å². The van der Waals surface area contributed by atoms with Gasteiger partial charge < -0.3 is 24.7 Å². The number of nitrogens with zero attached hydrogens (tertiary/aromatic N) is 3. The summed E-state index contributed by atoms with van der Waals surface area (Å²) in [5.41, 5.74) is 8.52. The second kappa shape index (κ2) is 8.63. The van der Waals surface area contributed by atoms with Crippen LogP contribution in [0.1, 0.15) is 61.4 Å². The second-order valence-corrected chi connectivity index (χ2v) is 13.3. The molecule has 5 aliphatic rings. The van der Waals surface area contributed by atoms with E-state index >= 15 is 0 Å². The maximum absolute atomic E-state index is 14.0. The number of Topliss-reactive ketones (excluding diaryl/α,β-unsaturated/α-hetero) is 1. The second-order valence-electron chi connectivity index (χ2n) is 13.3. The van der Waals surface area contributed by atoms with E-state index in [2.05, 4.69) is 9.97 Å². The molecule has 10 rings (SSSR count). The summed E-state index contributed by atoms with van der Waals surface area (Å²) in [7, 11) is 0. The minimum atomic E-state index is -0.562. The Labute approximate surface area is 263 Å². The lowest BCUT2D eigenvalue weighted by Crippen LogP contribution is -2.34. The first-order valence-electron chi connectivity index (χ1n) is 15.9. The molecule has 2 atom stereocenters. The fourth-order valence-corrected chi connectivity index (χ4v) is 8.72. The Morgan fingerprint density at radius 2 is 1.39 bits per heavy atom. The third-order valence-electron chi connectivity index (χ3n) is 11.0. The van der Waals surface area contributed by atoms with E-state index in [4.69, 9.17) is 0 Å². The monoisotopic (exact) mass is 607 g/mol. The van der Waals surface area contributed by atoms with E-state index in [0.29, 0.717) is 37.4 Å². The molecule has 9 nitrogen and oxygen atoms in total. The number of H-pyrrole nitrogens is 2. The van der Waals surface area contributed by atoms with Crippen LogP contribution in [-0.2, 0) is 17.6 Å². The SMILES string of the molecule is CC(=O)N1CCc2c1ccc1[nH]c(C(=O)N3CCc4c3ccc3[nH]c(C(=O)N5CC6CC67C(=O)c6ccccc6C=C57)cc43)cc21. The number of aromatic nitrogens is 2. The lowest BCUT2D eigenvalue weighted by Gasteiger charge is -2.28. The molecule has 1 spiro atoms. The van der Waals surface area contributed by atoms with Gasteiger partial charge in [-0.1, -0.05) is 24.3 Å². The molecule has 226 valence electrons. The Balaban J connectivity index is 0.966. The van der Waals surface area contributed by atoms with Crippen molar-refractivity contribution >= 4 is 62.8 Å². The number of allylic oxidation sites excluding steroid dienone is 1. The number of amides is 3. The van der Waals surface area contributed by atoms with Crippen molar-refractivity contribution in [1.82, 2.24) is 14.9 Å². The summed E-state index contributed by atoms with van der Waals surface area (Å²) < 4.78 is 0. The average Bonchev–Trinajstić information content (AvgIpc) is 3.68. The first-order valence-corrected chi connectivity index (χ1v) is 15.9. The molecule has 2 fully saturated rings. The summed E-state index contributed by atoms with van der Waals surface area (Å²) in [5.74, 6) is 0.0855. The van der Waals surface area contributed by atoms with Crippen LogP contribution in [0.15, 0.2) is 66.4 Å². The first-order chi connectivity index (χ1) is 22.3. The molecule has 1 saturated carbocycles. The average molecular weight is 608 g/mol. The number of fused-ring (bicyclic) bond motifs is 7. The number of rotatable bonds is 2. The first kappa shape index (κ1) is 25.8. The van der Waals surface area contributed by atoms with Gasteiger partial charge in [0.1, 0.15) is 11.4 Å². The van der Waals surface area contributed by atoms with Gasteiger partial charge in [0, 0.05) is 71.0 Å². The van der Waals surface area contributed by atoms with Gasteiger partial charge in [0.15, 0.2) is 5.78 Å². The van der Waals surface area contributed by atoms with E-state index in [1.807, 2.05) is 71.6 Å². The number of likely N-dealkylation sites (tertiary alicyclic amines) is 1.